The van der Waals surface area contributed by atoms with Crippen LogP contribution in [0.15, 0.2) is 76.7 Å². The van der Waals surface area contributed by atoms with Gasteiger partial charge in [-0.1, -0.05) is 17.3 Å². The van der Waals surface area contributed by atoms with Crippen LogP contribution in [0.5, 0.6) is 0 Å². The first-order valence-corrected chi connectivity index (χ1v) is 8.71. The Bertz CT molecular complexity index is 1280. The van der Waals surface area contributed by atoms with E-state index in [4.69, 9.17) is 0 Å². The van der Waals surface area contributed by atoms with E-state index in [9.17, 15) is 18.4 Å². The van der Waals surface area contributed by atoms with Gasteiger partial charge in [-0.05, 0) is 42.0 Å². The lowest BCUT2D eigenvalue weighted by atomic mass is 10.2. The van der Waals surface area contributed by atoms with Gasteiger partial charge in [-0.3, -0.25) is 14.2 Å². The molecule has 0 aliphatic heterocycles. The van der Waals surface area contributed by atoms with Gasteiger partial charge in [0.15, 0.2) is 0 Å². The van der Waals surface area contributed by atoms with E-state index >= 15 is 0 Å². The Morgan fingerprint density at radius 2 is 1.66 bits per heavy atom. The molecule has 0 saturated heterocycles. The fraction of sp³-hybridized carbons (Fsp3) is 0.100. The van der Waals surface area contributed by atoms with Crippen LogP contribution in [0, 0.1) is 11.6 Å². The molecule has 0 aliphatic rings. The Balaban J connectivity index is 1.55. The van der Waals surface area contributed by atoms with Crippen molar-refractivity contribution in [1.82, 2.24) is 24.1 Å². The van der Waals surface area contributed by atoms with Crippen LogP contribution in [0.25, 0.3) is 5.69 Å². The van der Waals surface area contributed by atoms with Gasteiger partial charge in [-0.25, -0.2) is 13.5 Å². The first kappa shape index (κ1) is 18.5. The maximum atomic E-state index is 13.3. The smallest absolute Gasteiger partial charge is 0.303 e. The molecule has 4 aromatic rings. The highest BCUT2D eigenvalue weighted by atomic mass is 19.1. The van der Waals surface area contributed by atoms with E-state index < -0.39 is 16.9 Å². The number of benzene rings is 2. The van der Waals surface area contributed by atoms with Crippen LogP contribution in [0.2, 0.25) is 0 Å². The van der Waals surface area contributed by atoms with Crippen molar-refractivity contribution in [3.8, 4) is 5.69 Å². The predicted molar refractivity (Wildman–Crippen MR) is 101 cm³/mol. The van der Waals surface area contributed by atoms with Crippen molar-refractivity contribution in [2.24, 2.45) is 0 Å². The van der Waals surface area contributed by atoms with E-state index in [1.54, 1.807) is 18.3 Å². The third-order valence-corrected chi connectivity index (χ3v) is 4.32. The van der Waals surface area contributed by atoms with Crippen molar-refractivity contribution in [2.45, 2.75) is 13.1 Å². The summed E-state index contributed by atoms with van der Waals surface area (Å²) in [7, 11) is 0. The fourth-order valence-electron chi connectivity index (χ4n) is 2.92. The van der Waals surface area contributed by atoms with Gasteiger partial charge in [0.2, 0.25) is 0 Å². The lowest BCUT2D eigenvalue weighted by Crippen LogP contribution is -2.40. The normalized spacial score (nSPS) is 11.0. The molecule has 2 aromatic heterocycles. The van der Waals surface area contributed by atoms with E-state index in [-0.39, 0.29) is 12.4 Å². The zero-order valence-corrected chi connectivity index (χ0v) is 15.1. The maximum absolute atomic E-state index is 13.3. The Labute approximate surface area is 163 Å². The molecule has 0 amide bonds. The van der Waals surface area contributed by atoms with Crippen LogP contribution in [0.3, 0.4) is 0 Å². The van der Waals surface area contributed by atoms with Gasteiger partial charge in [0, 0.05) is 18.1 Å². The largest absolute Gasteiger partial charge is 0.320 e. The highest BCUT2D eigenvalue weighted by molar-refractivity contribution is 5.31. The van der Waals surface area contributed by atoms with Gasteiger partial charge in [-0.2, -0.15) is 0 Å². The molecule has 0 saturated carbocycles. The average molecular weight is 395 g/mol. The van der Waals surface area contributed by atoms with Crippen LogP contribution in [-0.4, -0.2) is 24.1 Å². The number of aromatic nitrogens is 5. The van der Waals surface area contributed by atoms with Crippen molar-refractivity contribution >= 4 is 0 Å². The van der Waals surface area contributed by atoms with E-state index in [0.717, 1.165) is 10.1 Å². The van der Waals surface area contributed by atoms with Gasteiger partial charge in [0.05, 0.1) is 19.3 Å². The molecular weight excluding hydrogens is 380 g/mol. The summed E-state index contributed by atoms with van der Waals surface area (Å²) in [6.45, 7) is 0.382. The SMILES string of the molecule is O=c1c(=O)n(-c2ccc(F)cc2)ccn1Cc1cn(Cc2cccc(F)c2)nn1. The van der Waals surface area contributed by atoms with Crippen molar-refractivity contribution < 1.29 is 8.78 Å². The van der Waals surface area contributed by atoms with E-state index in [1.807, 2.05) is 0 Å². The first-order valence-electron chi connectivity index (χ1n) is 8.71. The molecule has 0 fully saturated rings. The average Bonchev–Trinajstić information content (AvgIpc) is 3.13. The Morgan fingerprint density at radius 1 is 0.862 bits per heavy atom. The van der Waals surface area contributed by atoms with Crippen molar-refractivity contribution in [3.63, 3.8) is 0 Å². The summed E-state index contributed by atoms with van der Waals surface area (Å²) < 4.78 is 30.2. The Morgan fingerprint density at radius 3 is 2.41 bits per heavy atom. The molecule has 9 heteroatoms. The van der Waals surface area contributed by atoms with Crippen LogP contribution in [0.1, 0.15) is 11.3 Å². The quantitative estimate of drug-likeness (QED) is 0.484. The molecular formula is C20H15F2N5O2. The molecule has 0 atom stereocenters. The number of nitrogens with zero attached hydrogens (tertiary/aromatic N) is 5. The molecule has 0 unspecified atom stereocenters. The minimum atomic E-state index is -0.758. The highest BCUT2D eigenvalue weighted by Crippen LogP contribution is 2.07. The number of hydrogen-bond acceptors (Lipinski definition) is 4. The van der Waals surface area contributed by atoms with Crippen LogP contribution >= 0.6 is 0 Å². The number of hydrogen-bond donors (Lipinski definition) is 0. The monoisotopic (exact) mass is 395 g/mol. The summed E-state index contributed by atoms with van der Waals surface area (Å²) >= 11 is 0. The molecule has 29 heavy (non-hydrogen) atoms. The summed E-state index contributed by atoms with van der Waals surface area (Å²) in [5, 5.41) is 7.97. The summed E-state index contributed by atoms with van der Waals surface area (Å²) in [5.41, 5.74) is 0.0902. The fourth-order valence-corrected chi connectivity index (χ4v) is 2.92. The van der Waals surface area contributed by atoms with Crippen molar-refractivity contribution in [1.29, 1.82) is 0 Å². The van der Waals surface area contributed by atoms with Gasteiger partial charge in [-0.15, -0.1) is 5.10 Å². The molecule has 146 valence electrons. The van der Waals surface area contributed by atoms with Gasteiger partial charge in [0.1, 0.15) is 17.3 Å². The summed E-state index contributed by atoms with van der Waals surface area (Å²) in [4.78, 5) is 24.8. The molecule has 2 aromatic carbocycles. The lowest BCUT2D eigenvalue weighted by Gasteiger charge is -2.07. The Kier molecular flexibility index (Phi) is 4.86. The van der Waals surface area contributed by atoms with Gasteiger partial charge < -0.3 is 4.57 Å². The van der Waals surface area contributed by atoms with E-state index in [1.165, 1.54) is 58.0 Å². The zero-order chi connectivity index (χ0) is 20.4. The van der Waals surface area contributed by atoms with Gasteiger partial charge in [0.25, 0.3) is 0 Å². The molecule has 4 rings (SSSR count). The van der Waals surface area contributed by atoms with Crippen molar-refractivity contribution in [2.75, 3.05) is 0 Å². The van der Waals surface area contributed by atoms with Crippen LogP contribution in [0.4, 0.5) is 8.78 Å². The summed E-state index contributed by atoms with van der Waals surface area (Å²) in [6.07, 6.45) is 4.52. The molecule has 0 radical (unpaired) electrons. The molecule has 0 N–H and O–H groups in total. The van der Waals surface area contributed by atoms with E-state index in [2.05, 4.69) is 10.3 Å². The summed E-state index contributed by atoms with van der Waals surface area (Å²) in [5.74, 6) is -0.771. The number of rotatable bonds is 5. The minimum Gasteiger partial charge on any atom is -0.303 e. The third-order valence-electron chi connectivity index (χ3n) is 4.32. The molecule has 2 heterocycles. The van der Waals surface area contributed by atoms with Crippen molar-refractivity contribution in [3.05, 3.63) is 111 Å². The Hall–Kier alpha value is -3.88. The lowest BCUT2D eigenvalue weighted by molar-refractivity contribution is 0.614. The third kappa shape index (κ3) is 4.03. The maximum Gasteiger partial charge on any atom is 0.320 e. The zero-order valence-electron chi connectivity index (χ0n) is 15.1. The predicted octanol–water partition coefficient (Wildman–Crippen LogP) is 1.97. The topological polar surface area (TPSA) is 74.7 Å². The number of halogens is 2. The standard InChI is InChI=1S/C20H15F2N5O2/c21-15-4-6-18(7-5-15)27-9-8-25(19(28)20(27)29)12-17-13-26(24-23-17)11-14-2-1-3-16(22)10-14/h1-10,13H,11-12H2. The highest BCUT2D eigenvalue weighted by Gasteiger charge is 2.10. The molecule has 0 bridgehead atoms. The van der Waals surface area contributed by atoms with Crippen LogP contribution < -0.4 is 11.1 Å². The molecule has 7 nitrogen and oxygen atoms in total. The minimum absolute atomic E-state index is 0.0570. The van der Waals surface area contributed by atoms with Gasteiger partial charge >= 0.3 is 11.1 Å². The van der Waals surface area contributed by atoms with E-state index in [0.29, 0.717) is 17.9 Å². The summed E-state index contributed by atoms with van der Waals surface area (Å²) in [6, 6.07) is 11.4. The van der Waals surface area contributed by atoms with Crippen LogP contribution in [-0.2, 0) is 13.1 Å². The second kappa shape index (κ2) is 7.63. The molecule has 0 spiro atoms. The second-order valence-corrected chi connectivity index (χ2v) is 6.42. The second-order valence-electron chi connectivity index (χ2n) is 6.42. The molecule has 0 aliphatic carbocycles. The first-order chi connectivity index (χ1) is 14.0.